The number of hydrogen-bond acceptors (Lipinski definition) is 8. The first-order chi connectivity index (χ1) is 17.9. The minimum absolute atomic E-state index is 0.152. The molecule has 2 aliphatic heterocycles. The van der Waals surface area contributed by atoms with E-state index in [0.29, 0.717) is 69.9 Å². The van der Waals surface area contributed by atoms with Gasteiger partial charge in [-0.3, -0.25) is 9.69 Å². The summed E-state index contributed by atoms with van der Waals surface area (Å²) in [4.78, 5) is 48.7. The SMILES string of the molecule is C=C1COCCN1c1nc(-c2ccc(NC(=O)NCCNC(C)=O)cc2)nc2c1CN(C(=O)OCC)C2. The number of carbonyl (C=O) groups is 3. The Morgan fingerprint density at radius 3 is 2.57 bits per heavy atom. The summed E-state index contributed by atoms with van der Waals surface area (Å²) in [5, 5.41) is 8.04. The molecule has 0 saturated carbocycles. The van der Waals surface area contributed by atoms with E-state index in [9.17, 15) is 14.4 Å². The second kappa shape index (κ2) is 11.7. The van der Waals surface area contributed by atoms with Gasteiger partial charge in [0.25, 0.3) is 0 Å². The van der Waals surface area contributed by atoms with Crippen molar-refractivity contribution in [2.45, 2.75) is 26.9 Å². The van der Waals surface area contributed by atoms with E-state index in [4.69, 9.17) is 19.4 Å². The van der Waals surface area contributed by atoms with Crippen LogP contribution >= 0.6 is 0 Å². The second-order valence-corrected chi connectivity index (χ2v) is 8.56. The molecule has 3 heterocycles. The first kappa shape index (κ1) is 25.9. The lowest BCUT2D eigenvalue weighted by atomic mass is 10.1. The van der Waals surface area contributed by atoms with Crippen molar-refractivity contribution >= 4 is 29.5 Å². The van der Waals surface area contributed by atoms with Crippen molar-refractivity contribution in [3.05, 3.63) is 47.8 Å². The number of rotatable bonds is 7. The van der Waals surface area contributed by atoms with Gasteiger partial charge in [0, 0.05) is 49.1 Å². The van der Waals surface area contributed by atoms with Gasteiger partial charge < -0.3 is 30.3 Å². The fourth-order valence-electron chi connectivity index (χ4n) is 4.06. The van der Waals surface area contributed by atoms with Gasteiger partial charge in [0.15, 0.2) is 5.82 Å². The molecular weight excluding hydrogens is 478 g/mol. The van der Waals surface area contributed by atoms with Crippen LogP contribution in [-0.2, 0) is 27.4 Å². The number of nitrogens with one attached hydrogen (secondary N) is 3. The topological polar surface area (TPSA) is 138 Å². The summed E-state index contributed by atoms with van der Waals surface area (Å²) in [7, 11) is 0. The van der Waals surface area contributed by atoms with E-state index in [2.05, 4.69) is 22.5 Å². The van der Waals surface area contributed by atoms with Gasteiger partial charge in [-0.25, -0.2) is 19.6 Å². The first-order valence-corrected chi connectivity index (χ1v) is 12.1. The van der Waals surface area contributed by atoms with Crippen molar-refractivity contribution in [1.82, 2.24) is 25.5 Å². The predicted molar refractivity (Wildman–Crippen MR) is 137 cm³/mol. The van der Waals surface area contributed by atoms with Crippen molar-refractivity contribution in [2.24, 2.45) is 0 Å². The summed E-state index contributed by atoms with van der Waals surface area (Å²) in [6.07, 6.45) is -0.389. The van der Waals surface area contributed by atoms with Gasteiger partial charge in [-0.05, 0) is 31.2 Å². The Kier molecular flexibility index (Phi) is 8.18. The summed E-state index contributed by atoms with van der Waals surface area (Å²) < 4.78 is 10.7. The van der Waals surface area contributed by atoms with Gasteiger partial charge in [-0.15, -0.1) is 0 Å². The molecule has 1 fully saturated rings. The normalized spacial score (nSPS) is 14.7. The van der Waals surface area contributed by atoms with Crippen LogP contribution < -0.4 is 20.9 Å². The number of urea groups is 1. The molecular formula is C25H31N7O5. The Labute approximate surface area is 215 Å². The zero-order valence-electron chi connectivity index (χ0n) is 21.0. The number of aromatic nitrogens is 2. The molecule has 4 amide bonds. The highest BCUT2D eigenvalue weighted by Crippen LogP contribution is 2.34. The Balaban J connectivity index is 1.53. The average Bonchev–Trinajstić information content (AvgIpc) is 3.32. The van der Waals surface area contributed by atoms with Crippen LogP contribution in [0, 0.1) is 0 Å². The highest BCUT2D eigenvalue weighted by atomic mass is 16.6. The fraction of sp³-hybridized carbons (Fsp3) is 0.400. The lowest BCUT2D eigenvalue weighted by Crippen LogP contribution is -2.36. The second-order valence-electron chi connectivity index (χ2n) is 8.56. The minimum atomic E-state index is -0.389. The van der Waals surface area contributed by atoms with Crippen LogP contribution in [0.4, 0.5) is 21.1 Å². The van der Waals surface area contributed by atoms with Gasteiger partial charge in [-0.1, -0.05) is 6.58 Å². The molecule has 2 aliphatic rings. The lowest BCUT2D eigenvalue weighted by molar-refractivity contribution is -0.118. The Bertz CT molecular complexity index is 1180. The zero-order chi connectivity index (χ0) is 26.4. The minimum Gasteiger partial charge on any atom is -0.450 e. The highest BCUT2D eigenvalue weighted by Gasteiger charge is 2.32. The molecule has 196 valence electrons. The molecule has 37 heavy (non-hydrogen) atoms. The standard InChI is InChI=1S/C25H31N7O5/c1-4-37-25(35)31-13-20-21(14-31)29-22(30-23(20)32-11-12-36-15-16(32)2)18-5-7-19(8-6-18)28-24(34)27-10-9-26-17(3)33/h5-8H,2,4,9-15H2,1,3H3,(H,26,33)(H2,27,28,34). The maximum absolute atomic E-state index is 12.4. The van der Waals surface area contributed by atoms with Gasteiger partial charge >= 0.3 is 12.1 Å². The summed E-state index contributed by atoms with van der Waals surface area (Å²) in [5.74, 6) is 1.06. The van der Waals surface area contributed by atoms with Crippen LogP contribution in [0.15, 0.2) is 36.5 Å². The number of hydrogen-bond donors (Lipinski definition) is 3. The van der Waals surface area contributed by atoms with E-state index < -0.39 is 0 Å². The number of ether oxygens (including phenoxy) is 2. The number of benzene rings is 1. The molecule has 1 aromatic carbocycles. The first-order valence-electron chi connectivity index (χ1n) is 12.1. The molecule has 0 bridgehead atoms. The van der Waals surface area contributed by atoms with Crippen molar-refractivity contribution in [1.29, 1.82) is 0 Å². The fourth-order valence-corrected chi connectivity index (χ4v) is 4.06. The summed E-state index contributed by atoms with van der Waals surface area (Å²) in [5.41, 5.74) is 3.77. The molecule has 4 rings (SSSR count). The summed E-state index contributed by atoms with van der Waals surface area (Å²) in [6, 6.07) is 6.80. The highest BCUT2D eigenvalue weighted by molar-refractivity contribution is 5.89. The van der Waals surface area contributed by atoms with Gasteiger partial charge in [0.1, 0.15) is 5.82 Å². The van der Waals surface area contributed by atoms with Crippen LogP contribution in [0.25, 0.3) is 11.4 Å². The number of anilines is 2. The molecule has 3 N–H and O–H groups in total. The Morgan fingerprint density at radius 1 is 1.11 bits per heavy atom. The molecule has 0 radical (unpaired) electrons. The summed E-state index contributed by atoms with van der Waals surface area (Å²) in [6.45, 7) is 10.5. The third-order valence-corrected chi connectivity index (χ3v) is 5.84. The number of nitrogens with zero attached hydrogens (tertiary/aromatic N) is 4. The van der Waals surface area contributed by atoms with Crippen LogP contribution in [0.2, 0.25) is 0 Å². The van der Waals surface area contributed by atoms with Crippen LogP contribution in [0.3, 0.4) is 0 Å². The average molecular weight is 510 g/mol. The monoisotopic (exact) mass is 509 g/mol. The largest absolute Gasteiger partial charge is 0.450 e. The van der Waals surface area contributed by atoms with Gasteiger partial charge in [-0.2, -0.15) is 0 Å². The number of carbonyl (C=O) groups excluding carboxylic acids is 3. The van der Waals surface area contributed by atoms with Crippen LogP contribution in [-0.4, -0.2) is 72.4 Å². The van der Waals surface area contributed by atoms with Crippen LogP contribution in [0.1, 0.15) is 25.1 Å². The van der Waals surface area contributed by atoms with Gasteiger partial charge in [0.2, 0.25) is 5.91 Å². The van der Waals surface area contributed by atoms with E-state index >= 15 is 0 Å². The van der Waals surface area contributed by atoms with E-state index in [-0.39, 0.29) is 18.0 Å². The van der Waals surface area contributed by atoms with E-state index in [1.807, 2.05) is 17.0 Å². The molecule has 1 aromatic heterocycles. The summed E-state index contributed by atoms with van der Waals surface area (Å²) >= 11 is 0. The van der Waals surface area contributed by atoms with Crippen molar-refractivity contribution in [2.75, 3.05) is 49.7 Å². The maximum Gasteiger partial charge on any atom is 0.410 e. The predicted octanol–water partition coefficient (Wildman–Crippen LogP) is 2.22. The molecule has 12 heteroatoms. The van der Waals surface area contributed by atoms with E-state index in [1.165, 1.54) is 6.92 Å². The number of fused-ring (bicyclic) bond motifs is 1. The molecule has 0 unspecified atom stereocenters. The van der Waals surface area contributed by atoms with Crippen molar-refractivity contribution < 1.29 is 23.9 Å². The Hall–Kier alpha value is -4.19. The number of morpholine rings is 1. The van der Waals surface area contributed by atoms with E-state index in [0.717, 1.165) is 22.5 Å². The molecule has 0 spiro atoms. The van der Waals surface area contributed by atoms with E-state index in [1.54, 1.807) is 24.0 Å². The van der Waals surface area contributed by atoms with Crippen LogP contribution in [0.5, 0.6) is 0 Å². The maximum atomic E-state index is 12.4. The third-order valence-electron chi connectivity index (χ3n) is 5.84. The quantitative estimate of drug-likeness (QED) is 0.483. The molecule has 2 aromatic rings. The molecule has 12 nitrogen and oxygen atoms in total. The smallest absolute Gasteiger partial charge is 0.410 e. The molecule has 0 aliphatic carbocycles. The number of amides is 4. The third kappa shape index (κ3) is 6.33. The molecule has 1 saturated heterocycles. The van der Waals surface area contributed by atoms with Crippen molar-refractivity contribution in [3.63, 3.8) is 0 Å². The van der Waals surface area contributed by atoms with Crippen molar-refractivity contribution in [3.8, 4) is 11.4 Å². The van der Waals surface area contributed by atoms with Gasteiger partial charge in [0.05, 0.1) is 38.6 Å². The lowest BCUT2D eigenvalue weighted by Gasteiger charge is -2.31. The Morgan fingerprint density at radius 2 is 1.86 bits per heavy atom. The molecule has 0 atom stereocenters. The zero-order valence-corrected chi connectivity index (χ0v) is 21.0.